The number of fused-ring (bicyclic) bond motifs is 1. The average Bonchev–Trinajstić information content (AvgIpc) is 2.90. The molecule has 0 radical (unpaired) electrons. The Bertz CT molecular complexity index is 846. The van der Waals surface area contributed by atoms with Gasteiger partial charge in [-0.25, -0.2) is 9.97 Å². The molecule has 0 aliphatic carbocycles. The van der Waals surface area contributed by atoms with E-state index in [1.807, 2.05) is 19.0 Å². The van der Waals surface area contributed by atoms with Crippen molar-refractivity contribution < 1.29 is 14.4 Å². The Morgan fingerprint density at radius 2 is 1.77 bits per heavy atom. The van der Waals surface area contributed by atoms with Crippen LogP contribution in [0.5, 0.6) is 0 Å². The lowest BCUT2D eigenvalue weighted by Gasteiger charge is -2.21. The highest BCUT2D eigenvalue weighted by atomic mass is 16.2. The van der Waals surface area contributed by atoms with E-state index in [-0.39, 0.29) is 6.54 Å². The molecule has 0 spiro atoms. The molecule has 1 aromatic heterocycles. The van der Waals surface area contributed by atoms with Crippen LogP contribution in [0, 0.1) is 0 Å². The van der Waals surface area contributed by atoms with Gasteiger partial charge in [0.2, 0.25) is 5.91 Å². The number of benzene rings is 1. The number of nitrogens with zero attached hydrogens (tertiary/aromatic N) is 4. The minimum absolute atomic E-state index is 0.105. The van der Waals surface area contributed by atoms with Crippen LogP contribution in [0.15, 0.2) is 36.5 Å². The van der Waals surface area contributed by atoms with E-state index in [1.54, 1.807) is 36.5 Å². The van der Waals surface area contributed by atoms with E-state index >= 15 is 0 Å². The van der Waals surface area contributed by atoms with Crippen LogP contribution in [0.1, 0.15) is 33.5 Å². The van der Waals surface area contributed by atoms with E-state index in [9.17, 15) is 14.4 Å². The predicted octanol–water partition coefficient (Wildman–Crippen LogP) is 0.843. The number of imide groups is 1. The lowest BCUT2D eigenvalue weighted by atomic mass is 10.1. The number of hydrogen-bond donors (Lipinski definition) is 1. The zero-order chi connectivity index (χ0) is 18.8. The number of amides is 3. The van der Waals surface area contributed by atoms with Crippen molar-refractivity contribution in [3.8, 4) is 0 Å². The quantitative estimate of drug-likeness (QED) is 0.801. The van der Waals surface area contributed by atoms with Crippen LogP contribution in [0.3, 0.4) is 0 Å². The fourth-order valence-electron chi connectivity index (χ4n) is 2.71. The molecule has 2 heterocycles. The molecule has 3 rings (SSSR count). The molecule has 1 unspecified atom stereocenters. The van der Waals surface area contributed by atoms with Crippen molar-refractivity contribution >= 4 is 23.5 Å². The van der Waals surface area contributed by atoms with Crippen molar-refractivity contribution in [2.75, 3.05) is 19.0 Å². The largest absolute Gasteiger partial charge is 0.363 e. The van der Waals surface area contributed by atoms with E-state index in [0.717, 1.165) is 10.7 Å². The minimum Gasteiger partial charge on any atom is -0.363 e. The smallest absolute Gasteiger partial charge is 0.262 e. The molecular weight excluding hydrogens is 334 g/mol. The number of rotatable bonds is 5. The normalized spacial score (nSPS) is 14.2. The van der Waals surface area contributed by atoms with Crippen LogP contribution in [-0.2, 0) is 11.3 Å². The Balaban J connectivity index is 1.68. The highest BCUT2D eigenvalue weighted by Gasteiger charge is 2.40. The van der Waals surface area contributed by atoms with Gasteiger partial charge in [-0.3, -0.25) is 19.3 Å². The fourth-order valence-corrected chi connectivity index (χ4v) is 2.71. The Kier molecular flexibility index (Phi) is 4.66. The number of nitrogens with one attached hydrogen (secondary N) is 1. The molecule has 0 saturated carbocycles. The molecule has 1 aliphatic rings. The van der Waals surface area contributed by atoms with Crippen LogP contribution in [0.25, 0.3) is 0 Å². The highest BCUT2D eigenvalue weighted by Crippen LogP contribution is 2.24. The summed E-state index contributed by atoms with van der Waals surface area (Å²) in [5.74, 6) is -0.201. The van der Waals surface area contributed by atoms with E-state index in [4.69, 9.17) is 0 Å². The maximum atomic E-state index is 12.4. The van der Waals surface area contributed by atoms with Crippen LogP contribution in [0.2, 0.25) is 0 Å². The number of anilines is 1. The molecular formula is C18H19N5O3. The van der Waals surface area contributed by atoms with Gasteiger partial charge in [0.05, 0.1) is 17.7 Å². The Morgan fingerprint density at radius 3 is 2.35 bits per heavy atom. The molecule has 2 aromatic rings. The van der Waals surface area contributed by atoms with E-state index in [0.29, 0.717) is 17.0 Å². The average molecular weight is 353 g/mol. The molecule has 8 nitrogen and oxygen atoms in total. The first kappa shape index (κ1) is 17.5. The number of carbonyl (C=O) groups is 3. The van der Waals surface area contributed by atoms with Crippen molar-refractivity contribution in [3.05, 3.63) is 53.5 Å². The zero-order valence-electron chi connectivity index (χ0n) is 14.8. The first-order valence-corrected chi connectivity index (χ1v) is 8.14. The molecule has 1 N–H and O–H groups in total. The van der Waals surface area contributed by atoms with Crippen molar-refractivity contribution in [3.63, 3.8) is 0 Å². The standard InChI is InChI=1S/C18H19N5O3/c1-11(23-17(25)12-6-4-5-7-13(12)18(23)26)16(24)20-10-14-19-9-8-15(21-14)22(2)3/h4-9,11H,10H2,1-3H3,(H,20,24). The molecule has 0 bridgehead atoms. The van der Waals surface area contributed by atoms with Gasteiger partial charge < -0.3 is 10.2 Å². The molecule has 1 aliphatic heterocycles. The summed E-state index contributed by atoms with van der Waals surface area (Å²) in [5, 5.41) is 2.68. The van der Waals surface area contributed by atoms with E-state index in [1.165, 1.54) is 6.92 Å². The summed E-state index contributed by atoms with van der Waals surface area (Å²) in [6.45, 7) is 1.63. The zero-order valence-corrected chi connectivity index (χ0v) is 14.8. The van der Waals surface area contributed by atoms with Gasteiger partial charge in [0.25, 0.3) is 11.8 Å². The number of hydrogen-bond acceptors (Lipinski definition) is 6. The number of carbonyl (C=O) groups excluding carboxylic acids is 3. The van der Waals surface area contributed by atoms with Crippen LogP contribution < -0.4 is 10.2 Å². The minimum atomic E-state index is -0.931. The van der Waals surface area contributed by atoms with Gasteiger partial charge in [-0.1, -0.05) is 12.1 Å². The summed E-state index contributed by atoms with van der Waals surface area (Å²) < 4.78 is 0. The second-order valence-corrected chi connectivity index (χ2v) is 6.15. The third-order valence-corrected chi connectivity index (χ3v) is 4.16. The first-order chi connectivity index (χ1) is 12.4. The van der Waals surface area contributed by atoms with Gasteiger partial charge >= 0.3 is 0 Å². The summed E-state index contributed by atoms with van der Waals surface area (Å²) >= 11 is 0. The van der Waals surface area contributed by atoms with Gasteiger partial charge in [0.1, 0.15) is 17.7 Å². The Morgan fingerprint density at radius 1 is 1.15 bits per heavy atom. The molecule has 1 aromatic carbocycles. The van der Waals surface area contributed by atoms with Crippen molar-refractivity contribution in [2.45, 2.75) is 19.5 Å². The Hall–Kier alpha value is -3.29. The van der Waals surface area contributed by atoms with Crippen molar-refractivity contribution in [1.82, 2.24) is 20.2 Å². The Labute approximate surface area is 150 Å². The van der Waals surface area contributed by atoms with Crippen molar-refractivity contribution in [2.24, 2.45) is 0 Å². The summed E-state index contributed by atoms with van der Waals surface area (Å²) in [4.78, 5) is 48.6. The second-order valence-electron chi connectivity index (χ2n) is 6.15. The molecule has 0 saturated heterocycles. The SMILES string of the molecule is CC(C(=O)NCc1nccc(N(C)C)n1)N1C(=O)c2ccccc2C1=O. The van der Waals surface area contributed by atoms with Gasteiger partial charge in [0.15, 0.2) is 0 Å². The summed E-state index contributed by atoms with van der Waals surface area (Å²) in [7, 11) is 3.71. The molecule has 8 heteroatoms. The van der Waals surface area contributed by atoms with Gasteiger partial charge in [-0.15, -0.1) is 0 Å². The molecule has 0 fully saturated rings. The van der Waals surface area contributed by atoms with Gasteiger partial charge in [-0.05, 0) is 25.1 Å². The lowest BCUT2D eigenvalue weighted by Crippen LogP contribution is -2.47. The molecule has 3 amide bonds. The second kappa shape index (κ2) is 6.91. The maximum Gasteiger partial charge on any atom is 0.262 e. The fraction of sp³-hybridized carbons (Fsp3) is 0.278. The van der Waals surface area contributed by atoms with Gasteiger partial charge in [0, 0.05) is 20.3 Å². The topological polar surface area (TPSA) is 95.5 Å². The predicted molar refractivity (Wildman–Crippen MR) is 94.6 cm³/mol. The summed E-state index contributed by atoms with van der Waals surface area (Å²) in [5.41, 5.74) is 0.637. The highest BCUT2D eigenvalue weighted by molar-refractivity contribution is 6.22. The number of aromatic nitrogens is 2. The van der Waals surface area contributed by atoms with Crippen LogP contribution in [-0.4, -0.2) is 52.7 Å². The maximum absolute atomic E-state index is 12.4. The summed E-state index contributed by atoms with van der Waals surface area (Å²) in [6, 6.07) is 7.37. The van der Waals surface area contributed by atoms with E-state index in [2.05, 4.69) is 15.3 Å². The third-order valence-electron chi connectivity index (χ3n) is 4.16. The molecule has 26 heavy (non-hydrogen) atoms. The molecule has 1 atom stereocenters. The van der Waals surface area contributed by atoms with Gasteiger partial charge in [-0.2, -0.15) is 0 Å². The molecule has 134 valence electrons. The van der Waals surface area contributed by atoms with E-state index < -0.39 is 23.8 Å². The monoisotopic (exact) mass is 353 g/mol. The van der Waals surface area contributed by atoms with Crippen molar-refractivity contribution in [1.29, 1.82) is 0 Å². The van der Waals surface area contributed by atoms with Crippen LogP contribution >= 0.6 is 0 Å². The summed E-state index contributed by atoms with van der Waals surface area (Å²) in [6.07, 6.45) is 1.61. The first-order valence-electron chi connectivity index (χ1n) is 8.14. The lowest BCUT2D eigenvalue weighted by molar-refractivity contribution is -0.124. The van der Waals surface area contributed by atoms with Crippen LogP contribution in [0.4, 0.5) is 5.82 Å². The third kappa shape index (κ3) is 3.13.